The molecule has 1 atom stereocenters. The maximum Gasteiger partial charge on any atom is 0.573 e. The van der Waals surface area contributed by atoms with Crippen LogP contribution in [0.15, 0.2) is 24.3 Å². The number of rotatable bonds is 5. The van der Waals surface area contributed by atoms with Crippen LogP contribution in [0.25, 0.3) is 0 Å². The molecule has 2 rings (SSSR count). The molecule has 0 aliphatic rings. The van der Waals surface area contributed by atoms with Crippen molar-refractivity contribution in [3.8, 4) is 5.75 Å². The van der Waals surface area contributed by atoms with Crippen LogP contribution in [0.3, 0.4) is 0 Å². The fourth-order valence-corrected chi connectivity index (χ4v) is 1.97. The van der Waals surface area contributed by atoms with E-state index < -0.39 is 12.4 Å². The van der Waals surface area contributed by atoms with Crippen molar-refractivity contribution in [2.75, 3.05) is 0 Å². The molecule has 2 N–H and O–H groups in total. The number of alkyl halides is 3. The SMILES string of the molecule is Cc1nc(CC(=O)NC(C)c2cccc(OC(F)(F)F)c2)n[nH]1. The minimum atomic E-state index is -4.76. The van der Waals surface area contributed by atoms with Crippen molar-refractivity contribution in [2.24, 2.45) is 0 Å². The maximum absolute atomic E-state index is 12.2. The molecule has 0 saturated carbocycles. The summed E-state index contributed by atoms with van der Waals surface area (Å²) in [4.78, 5) is 15.9. The number of carbonyl (C=O) groups is 1. The number of carbonyl (C=O) groups excluding carboxylic acids is 1. The van der Waals surface area contributed by atoms with Crippen LogP contribution < -0.4 is 10.1 Å². The zero-order valence-corrected chi connectivity index (χ0v) is 12.4. The molecule has 1 aromatic heterocycles. The molecule has 0 radical (unpaired) electrons. The van der Waals surface area contributed by atoms with Crippen molar-refractivity contribution >= 4 is 5.91 Å². The van der Waals surface area contributed by atoms with Gasteiger partial charge in [0.1, 0.15) is 11.6 Å². The monoisotopic (exact) mass is 328 g/mol. The second-order valence-electron chi connectivity index (χ2n) is 4.92. The van der Waals surface area contributed by atoms with Crippen molar-refractivity contribution in [2.45, 2.75) is 32.7 Å². The number of benzene rings is 1. The van der Waals surface area contributed by atoms with Gasteiger partial charge in [-0.3, -0.25) is 9.89 Å². The Morgan fingerprint density at radius 2 is 2.17 bits per heavy atom. The van der Waals surface area contributed by atoms with E-state index in [1.54, 1.807) is 19.9 Å². The second-order valence-corrected chi connectivity index (χ2v) is 4.92. The standard InChI is InChI=1S/C14H15F3N4O2/c1-8(18-13(22)7-12-19-9(2)20-21-12)10-4-3-5-11(6-10)23-14(15,16)17/h3-6,8H,7H2,1-2H3,(H,18,22)(H,19,20,21). The van der Waals surface area contributed by atoms with Crippen LogP contribution in [0.4, 0.5) is 13.2 Å². The fraction of sp³-hybridized carbons (Fsp3) is 0.357. The van der Waals surface area contributed by atoms with Crippen LogP contribution in [0.2, 0.25) is 0 Å². The molecule has 0 spiro atoms. The first-order valence-electron chi connectivity index (χ1n) is 6.76. The molecule has 6 nitrogen and oxygen atoms in total. The molecule has 9 heteroatoms. The Bertz CT molecular complexity index is 685. The van der Waals surface area contributed by atoms with Crippen LogP contribution in [-0.4, -0.2) is 27.5 Å². The van der Waals surface area contributed by atoms with Gasteiger partial charge in [0.15, 0.2) is 5.82 Å². The Morgan fingerprint density at radius 3 is 2.78 bits per heavy atom. The third-order valence-electron chi connectivity index (χ3n) is 2.93. The Balaban J connectivity index is 1.98. The first-order valence-corrected chi connectivity index (χ1v) is 6.76. The largest absolute Gasteiger partial charge is 0.573 e. The van der Waals surface area contributed by atoms with E-state index in [9.17, 15) is 18.0 Å². The number of amides is 1. The normalized spacial score (nSPS) is 12.7. The van der Waals surface area contributed by atoms with E-state index in [0.29, 0.717) is 17.2 Å². The van der Waals surface area contributed by atoms with Crippen LogP contribution in [0.5, 0.6) is 5.75 Å². The average molecular weight is 328 g/mol. The van der Waals surface area contributed by atoms with Gasteiger partial charge in [-0.15, -0.1) is 13.2 Å². The molecule has 0 aliphatic carbocycles. The molecule has 0 aliphatic heterocycles. The fourth-order valence-electron chi connectivity index (χ4n) is 1.97. The van der Waals surface area contributed by atoms with Gasteiger partial charge in [-0.2, -0.15) is 5.10 Å². The molecule has 1 aromatic carbocycles. The van der Waals surface area contributed by atoms with Gasteiger partial charge in [-0.25, -0.2) is 4.98 Å². The summed E-state index contributed by atoms with van der Waals surface area (Å²) in [6.07, 6.45) is -4.78. The van der Waals surface area contributed by atoms with Crippen LogP contribution in [0.1, 0.15) is 30.2 Å². The third-order valence-corrected chi connectivity index (χ3v) is 2.93. The number of aryl methyl sites for hydroxylation is 1. The average Bonchev–Trinajstić information content (AvgIpc) is 2.82. The molecular weight excluding hydrogens is 313 g/mol. The number of aromatic nitrogens is 3. The zero-order chi connectivity index (χ0) is 17.0. The highest BCUT2D eigenvalue weighted by Crippen LogP contribution is 2.25. The lowest BCUT2D eigenvalue weighted by atomic mass is 10.1. The number of halogens is 3. The van der Waals surface area contributed by atoms with Gasteiger partial charge in [-0.05, 0) is 31.5 Å². The van der Waals surface area contributed by atoms with Gasteiger partial charge in [0.05, 0.1) is 12.5 Å². The molecule has 0 fully saturated rings. The Labute approximate surface area is 130 Å². The van der Waals surface area contributed by atoms with Crippen LogP contribution in [-0.2, 0) is 11.2 Å². The predicted molar refractivity (Wildman–Crippen MR) is 74.5 cm³/mol. The highest BCUT2D eigenvalue weighted by Gasteiger charge is 2.31. The van der Waals surface area contributed by atoms with Crippen LogP contribution >= 0.6 is 0 Å². The van der Waals surface area contributed by atoms with E-state index >= 15 is 0 Å². The summed E-state index contributed by atoms with van der Waals surface area (Å²) in [5.41, 5.74) is 0.492. The van der Waals surface area contributed by atoms with Crippen molar-refractivity contribution in [1.29, 1.82) is 0 Å². The van der Waals surface area contributed by atoms with Crippen molar-refractivity contribution < 1.29 is 22.7 Å². The Hall–Kier alpha value is -2.58. The first kappa shape index (κ1) is 16.8. The number of nitrogens with one attached hydrogen (secondary N) is 2. The minimum Gasteiger partial charge on any atom is -0.406 e. The number of H-pyrrole nitrogens is 1. The predicted octanol–water partition coefficient (Wildman–Crippen LogP) is 2.43. The molecule has 2 aromatic rings. The second kappa shape index (κ2) is 6.67. The summed E-state index contributed by atoms with van der Waals surface area (Å²) in [6.45, 7) is 3.37. The molecule has 0 bridgehead atoms. The van der Waals surface area contributed by atoms with Gasteiger partial charge in [0, 0.05) is 0 Å². The number of ether oxygens (including phenoxy) is 1. The van der Waals surface area contributed by atoms with E-state index in [2.05, 4.69) is 25.2 Å². The van der Waals surface area contributed by atoms with Gasteiger partial charge >= 0.3 is 6.36 Å². The van der Waals surface area contributed by atoms with Gasteiger partial charge in [0.2, 0.25) is 5.91 Å². The summed E-state index contributed by atoms with van der Waals surface area (Å²) >= 11 is 0. The topological polar surface area (TPSA) is 79.9 Å². The van der Waals surface area contributed by atoms with Gasteiger partial charge in [-0.1, -0.05) is 12.1 Å². The molecular formula is C14H15F3N4O2. The van der Waals surface area contributed by atoms with Crippen molar-refractivity contribution in [3.05, 3.63) is 41.5 Å². The van der Waals surface area contributed by atoms with E-state index in [1.807, 2.05) is 0 Å². The van der Waals surface area contributed by atoms with Gasteiger partial charge in [0.25, 0.3) is 0 Å². The van der Waals surface area contributed by atoms with Crippen molar-refractivity contribution in [1.82, 2.24) is 20.5 Å². The molecule has 0 saturated heterocycles. The number of hydrogen-bond donors (Lipinski definition) is 2. The molecule has 1 amide bonds. The summed E-state index contributed by atoms with van der Waals surface area (Å²) in [7, 11) is 0. The first-order chi connectivity index (χ1) is 10.7. The Kier molecular flexibility index (Phi) is 4.87. The summed E-state index contributed by atoms with van der Waals surface area (Å²) < 4.78 is 40.5. The molecule has 124 valence electrons. The molecule has 1 heterocycles. The lowest BCUT2D eigenvalue weighted by molar-refractivity contribution is -0.274. The van der Waals surface area contributed by atoms with Crippen molar-refractivity contribution in [3.63, 3.8) is 0 Å². The molecule has 1 unspecified atom stereocenters. The highest BCUT2D eigenvalue weighted by molar-refractivity contribution is 5.78. The van der Waals surface area contributed by atoms with E-state index in [0.717, 1.165) is 0 Å². The zero-order valence-electron chi connectivity index (χ0n) is 12.4. The molecule has 23 heavy (non-hydrogen) atoms. The lowest BCUT2D eigenvalue weighted by Crippen LogP contribution is -2.28. The summed E-state index contributed by atoms with van der Waals surface area (Å²) in [5, 5.41) is 9.15. The maximum atomic E-state index is 12.2. The minimum absolute atomic E-state index is 0.0204. The van der Waals surface area contributed by atoms with Gasteiger partial charge < -0.3 is 10.1 Å². The highest BCUT2D eigenvalue weighted by atomic mass is 19.4. The summed E-state index contributed by atoms with van der Waals surface area (Å²) in [6, 6.07) is 4.97. The van der Waals surface area contributed by atoms with E-state index in [-0.39, 0.29) is 18.1 Å². The number of nitrogens with zero attached hydrogens (tertiary/aromatic N) is 2. The smallest absolute Gasteiger partial charge is 0.406 e. The lowest BCUT2D eigenvalue weighted by Gasteiger charge is -2.15. The quantitative estimate of drug-likeness (QED) is 0.883. The number of hydrogen-bond acceptors (Lipinski definition) is 4. The van der Waals surface area contributed by atoms with E-state index in [4.69, 9.17) is 0 Å². The third kappa shape index (κ3) is 5.28. The van der Waals surface area contributed by atoms with E-state index in [1.165, 1.54) is 18.2 Å². The Morgan fingerprint density at radius 1 is 1.43 bits per heavy atom. The summed E-state index contributed by atoms with van der Waals surface area (Å²) in [5.74, 6) is 0.276. The van der Waals surface area contributed by atoms with Crippen LogP contribution in [0, 0.1) is 6.92 Å². The number of aromatic amines is 1.